The lowest BCUT2D eigenvalue weighted by molar-refractivity contribution is -0.119. The number of aryl methyl sites for hydroxylation is 3. The molecule has 3 fully saturated rings. The maximum atomic E-state index is 15.3. The van der Waals surface area contributed by atoms with Crippen LogP contribution >= 0.6 is 21.4 Å². The second-order valence-corrected chi connectivity index (χ2v) is 38.1. The molecule has 0 aliphatic carbocycles. The van der Waals surface area contributed by atoms with Crippen molar-refractivity contribution in [2.45, 2.75) is 58.3 Å². The number of amides is 9. The van der Waals surface area contributed by atoms with E-state index < -0.39 is 159 Å². The van der Waals surface area contributed by atoms with Gasteiger partial charge in [0.1, 0.15) is 62.4 Å². The maximum absolute atomic E-state index is 15.3. The van der Waals surface area contributed by atoms with Gasteiger partial charge < -0.3 is 70.5 Å². The Labute approximate surface area is 644 Å². The number of pyridine rings is 1. The van der Waals surface area contributed by atoms with E-state index in [4.69, 9.17) is 0 Å². The largest absolute Gasteiger partial charge is 0.396 e. The molecule has 3 unspecified atom stereocenters. The van der Waals surface area contributed by atoms with Gasteiger partial charge in [-0.15, -0.1) is 0 Å². The molecule has 21 nitrogen and oxygen atoms in total. The summed E-state index contributed by atoms with van der Waals surface area (Å²) < 4.78 is 172. The van der Waals surface area contributed by atoms with Crippen LogP contribution in [0.4, 0.5) is 88.0 Å². The molecule has 3 aliphatic heterocycles. The summed E-state index contributed by atoms with van der Waals surface area (Å²) in [4.78, 5) is 83.9. The predicted molar refractivity (Wildman–Crippen MR) is 419 cm³/mol. The van der Waals surface area contributed by atoms with Crippen LogP contribution in [0.15, 0.2) is 158 Å². The van der Waals surface area contributed by atoms with Crippen LogP contribution in [0, 0.1) is 85.0 Å². The first-order valence-corrected chi connectivity index (χ1v) is 43.0. The van der Waals surface area contributed by atoms with Crippen LogP contribution in [-0.2, 0) is 28.1 Å². The molecule has 0 spiro atoms. The smallest absolute Gasteiger partial charge is 0.319 e. The number of hydrogen-bond acceptors (Lipinski definition) is 12. The van der Waals surface area contributed by atoms with Crippen LogP contribution in [-0.4, -0.2) is 141 Å². The molecule has 594 valence electrons. The van der Waals surface area contributed by atoms with Gasteiger partial charge in [-0.1, -0.05) is 72.8 Å². The second kappa shape index (κ2) is 34.6. The van der Waals surface area contributed by atoms with E-state index in [1.54, 1.807) is 94.4 Å². The lowest BCUT2D eigenvalue weighted by Gasteiger charge is -2.23. The topological polar surface area (TPSA) is 289 Å². The molecule has 0 radical (unpaired) electrons. The number of carbonyl (C=O) groups excluding carboxylic acids is 6. The minimum Gasteiger partial charge on any atom is -0.396 e. The fourth-order valence-corrected chi connectivity index (χ4v) is 17.0. The van der Waals surface area contributed by atoms with Gasteiger partial charge in [0.05, 0.1) is 47.3 Å². The zero-order valence-electron chi connectivity index (χ0n) is 62.6. The fourth-order valence-electron chi connectivity index (χ4n) is 13.4. The van der Waals surface area contributed by atoms with E-state index in [9.17, 15) is 65.8 Å². The van der Waals surface area contributed by atoms with E-state index in [0.29, 0.717) is 27.3 Å². The average molecular weight is 1620 g/mol. The predicted octanol–water partition coefficient (Wildman–Crippen LogP) is 14.0. The summed E-state index contributed by atoms with van der Waals surface area (Å²) in [5.74, 6) is -13.3. The number of rotatable bonds is 17. The summed E-state index contributed by atoms with van der Waals surface area (Å²) in [6.45, 7) is 14.4. The maximum Gasteiger partial charge on any atom is 0.319 e. The monoisotopic (exact) mass is 1620 g/mol. The number of benzene rings is 8. The van der Waals surface area contributed by atoms with Gasteiger partial charge in [0.25, 0.3) is 0 Å². The molecule has 3 saturated heterocycles. The molecule has 33 heteroatoms. The highest BCUT2D eigenvalue weighted by Crippen LogP contribution is 2.45. The minimum atomic E-state index is -2.90. The molecule has 4 heterocycles. The number of nitrogens with one attached hydrogen (secondary N) is 6. The van der Waals surface area contributed by atoms with Crippen molar-refractivity contribution >= 4 is 107 Å². The van der Waals surface area contributed by atoms with Crippen molar-refractivity contribution in [1.82, 2.24) is 20.9 Å². The molecular weight excluding hydrogens is 1540 g/mol. The van der Waals surface area contributed by atoms with Crippen LogP contribution in [0.1, 0.15) is 30.0 Å². The van der Waals surface area contributed by atoms with E-state index >= 15 is 26.3 Å². The van der Waals surface area contributed by atoms with Gasteiger partial charge in [0.15, 0.2) is 34.9 Å². The Balaban J connectivity index is 0.000000180. The molecule has 12 rings (SSSR count). The Kier molecular flexibility index (Phi) is 25.9. The van der Waals surface area contributed by atoms with Gasteiger partial charge in [-0.25, -0.2) is 53.9 Å². The Bertz CT molecular complexity index is 5180. The third kappa shape index (κ3) is 18.8. The van der Waals surface area contributed by atoms with E-state index in [-0.39, 0.29) is 92.5 Å². The molecule has 3 aliphatic rings. The molecule has 8 N–H and O–H groups in total. The highest BCUT2D eigenvalue weighted by molar-refractivity contribution is 7.71. The first-order valence-electron chi connectivity index (χ1n) is 35.2. The van der Waals surface area contributed by atoms with Gasteiger partial charge in [-0.2, -0.15) is 0 Å². The van der Waals surface area contributed by atoms with Crippen LogP contribution in [0.3, 0.4) is 0 Å². The van der Waals surface area contributed by atoms with Crippen molar-refractivity contribution in [3.05, 3.63) is 227 Å². The summed E-state index contributed by atoms with van der Waals surface area (Å²) in [6, 6.07) is 29.5. The number of halogens is 9. The van der Waals surface area contributed by atoms with E-state index in [2.05, 4.69) is 36.9 Å². The van der Waals surface area contributed by atoms with Crippen molar-refractivity contribution < 1.29 is 92.2 Å². The summed E-state index contributed by atoms with van der Waals surface area (Å²) in [5.41, 5.74) is 1.31. The number of hydrogen-bond donors (Lipinski definition) is 8. The third-order valence-electron chi connectivity index (χ3n) is 19.0. The van der Waals surface area contributed by atoms with E-state index in [1.165, 1.54) is 131 Å². The second-order valence-electron chi connectivity index (χ2n) is 28.6. The molecule has 0 saturated carbocycles. The van der Waals surface area contributed by atoms with Crippen LogP contribution in [0.25, 0.3) is 33.4 Å². The Hall–Kier alpha value is -10.9. The summed E-state index contributed by atoms with van der Waals surface area (Å²) in [7, 11) is -8.53. The molecule has 0 bridgehead atoms. The standard InChI is InChI=1S/2C27H27F3N3O4P.C26H26F3N4O3P/c2*1-15-8-10-20(19(28)12-15)31-27(36)32-25-16(14-34)13-33(26(25)35)21-11-9-18(23(29)24(21)30)17-6-4-5-7-22(17)38(2,3)37;1-14-7-9-19(18(27)12-14)31-26(35)32-20-13-15(2)33(25(20)34)21-10-8-16(22(28)23(21)29)17-6-5-11-30-24(17)37(3,4)36/h2*4-12,16,25,34H,13-14H2,1-3H3,(H2,31,32,36);5-12,15,20H,13H2,1-4H3,(H2,31,32,35)/t2*16?,25-;15?,20-/m111/s1. The molecule has 6 atom stereocenters. The lowest BCUT2D eigenvalue weighted by atomic mass is 10.0. The van der Waals surface area contributed by atoms with Crippen molar-refractivity contribution in [2.75, 3.05) is 96.9 Å². The number of aromatic nitrogens is 1. The average Bonchev–Trinajstić information content (AvgIpc) is 1.59. The number of anilines is 6. The van der Waals surface area contributed by atoms with Crippen LogP contribution < -0.4 is 62.6 Å². The Morgan fingerprint density at radius 1 is 0.434 bits per heavy atom. The van der Waals surface area contributed by atoms with Gasteiger partial charge in [0, 0.05) is 70.0 Å². The SMILES string of the molecule is Cc1ccc(NC(=O)N[C@@H]2CC(C)N(c3ccc(-c4cccnc4P(C)(C)=O)c(F)c3F)C2=O)c(F)c1.Cc1ccc(NC(=O)N[C@H]2C(=O)N(c3ccc(-c4ccccc4P(C)(C)=O)c(F)c3F)CC2CO)c(F)c1.Cc1ccc(NC(=O)N[C@H]2C(=O)N(c3ccc(-c4ccccc4P(C)(C)=O)c(F)c3F)CC2CO)c(F)c1. The molecule has 9 aromatic rings. The van der Waals surface area contributed by atoms with E-state index in [0.717, 1.165) is 14.7 Å². The highest BCUT2D eigenvalue weighted by Gasteiger charge is 2.46. The summed E-state index contributed by atoms with van der Waals surface area (Å²) >= 11 is 0. The number of carbonyl (C=O) groups is 6. The molecule has 113 heavy (non-hydrogen) atoms. The number of urea groups is 3. The van der Waals surface area contributed by atoms with Gasteiger partial charge in [-0.3, -0.25) is 19.4 Å². The zero-order valence-corrected chi connectivity index (χ0v) is 65.3. The van der Waals surface area contributed by atoms with E-state index in [1.807, 2.05) is 0 Å². The van der Waals surface area contributed by atoms with Crippen molar-refractivity contribution in [1.29, 1.82) is 0 Å². The summed E-state index contributed by atoms with van der Waals surface area (Å²) in [5, 5.41) is 34.7. The quantitative estimate of drug-likeness (QED) is 0.0312. The summed E-state index contributed by atoms with van der Waals surface area (Å²) in [6.07, 6.45) is 1.56. The van der Waals surface area contributed by atoms with Crippen molar-refractivity contribution in [3.8, 4) is 33.4 Å². The number of aliphatic hydroxyl groups excluding tert-OH is 2. The Morgan fingerprint density at radius 2 is 0.788 bits per heavy atom. The molecule has 9 amide bonds. The molecular formula is C80H80F9N10O11P3. The zero-order chi connectivity index (χ0) is 82.6. The minimum absolute atomic E-state index is 0.0550. The molecule has 1 aromatic heterocycles. The van der Waals surface area contributed by atoms with Crippen LogP contribution in [0.2, 0.25) is 0 Å². The van der Waals surface area contributed by atoms with Crippen LogP contribution in [0.5, 0.6) is 0 Å². The lowest BCUT2D eigenvalue weighted by Crippen LogP contribution is -2.46. The van der Waals surface area contributed by atoms with Gasteiger partial charge >= 0.3 is 18.1 Å². The first-order chi connectivity index (χ1) is 53.2. The first kappa shape index (κ1) is 84.6. The third-order valence-corrected chi connectivity index (χ3v) is 23.5. The Morgan fingerprint density at radius 3 is 1.16 bits per heavy atom. The molecule has 8 aromatic carbocycles. The normalized spacial score (nSPS) is 17.6. The number of nitrogens with zero attached hydrogens (tertiary/aromatic N) is 4. The van der Waals surface area contributed by atoms with Gasteiger partial charge in [-0.05, 0) is 181 Å². The van der Waals surface area contributed by atoms with Gasteiger partial charge in [0.2, 0.25) is 17.7 Å². The van der Waals surface area contributed by atoms with Crippen molar-refractivity contribution in [2.24, 2.45) is 11.8 Å². The fraction of sp³-hybridized carbons (Fsp3) is 0.263. The number of aliphatic hydroxyl groups is 2. The highest BCUT2D eigenvalue weighted by atomic mass is 31.2. The van der Waals surface area contributed by atoms with Crippen molar-refractivity contribution in [3.63, 3.8) is 0 Å².